The third-order valence-corrected chi connectivity index (χ3v) is 5.37. The summed E-state index contributed by atoms with van der Waals surface area (Å²) in [5.41, 5.74) is 3.46. The van der Waals surface area contributed by atoms with E-state index in [0.29, 0.717) is 18.9 Å². The number of benzene rings is 2. The molecule has 0 unspecified atom stereocenters. The van der Waals surface area contributed by atoms with Gasteiger partial charge in [-0.2, -0.15) is 10.2 Å². The Bertz CT molecular complexity index is 1430. The van der Waals surface area contributed by atoms with Gasteiger partial charge in [-0.25, -0.2) is 13.9 Å². The van der Waals surface area contributed by atoms with Gasteiger partial charge in [0.25, 0.3) is 0 Å². The SMILES string of the molecule is CC(C)(O)NCc1ccn2ncnc(Nc3ccc4c(cnn4Cc4cccc(F)c4)c3)c12. The van der Waals surface area contributed by atoms with Gasteiger partial charge in [0.05, 0.1) is 18.3 Å². The predicted octanol–water partition coefficient (Wildman–Crippen LogP) is 3.83. The van der Waals surface area contributed by atoms with E-state index in [2.05, 4.69) is 25.8 Å². The van der Waals surface area contributed by atoms with Gasteiger partial charge in [0, 0.05) is 23.8 Å². The number of rotatable bonds is 7. The monoisotopic (exact) mass is 445 g/mol. The van der Waals surface area contributed by atoms with Crippen molar-refractivity contribution in [3.63, 3.8) is 0 Å². The van der Waals surface area contributed by atoms with E-state index in [1.54, 1.807) is 30.6 Å². The molecule has 0 aliphatic heterocycles. The normalized spacial score (nSPS) is 12.0. The van der Waals surface area contributed by atoms with Crippen LogP contribution in [-0.4, -0.2) is 35.2 Å². The van der Waals surface area contributed by atoms with Crippen LogP contribution in [0.5, 0.6) is 0 Å². The zero-order chi connectivity index (χ0) is 23.0. The average molecular weight is 446 g/mol. The molecule has 0 radical (unpaired) electrons. The Morgan fingerprint density at radius 1 is 1.09 bits per heavy atom. The minimum Gasteiger partial charge on any atom is -0.376 e. The molecule has 2 aromatic carbocycles. The molecule has 0 aliphatic carbocycles. The zero-order valence-electron chi connectivity index (χ0n) is 18.3. The number of halogens is 1. The van der Waals surface area contributed by atoms with E-state index in [1.165, 1.54) is 18.5 Å². The fourth-order valence-electron chi connectivity index (χ4n) is 3.80. The molecule has 168 valence electrons. The summed E-state index contributed by atoms with van der Waals surface area (Å²) in [6.07, 6.45) is 5.16. The number of hydrogen-bond acceptors (Lipinski definition) is 6. The van der Waals surface area contributed by atoms with Crippen LogP contribution in [0.4, 0.5) is 15.9 Å². The second-order valence-electron chi connectivity index (χ2n) is 8.49. The lowest BCUT2D eigenvalue weighted by Gasteiger charge is -2.19. The molecule has 0 aliphatic rings. The highest BCUT2D eigenvalue weighted by atomic mass is 19.1. The molecular weight excluding hydrogens is 421 g/mol. The molecule has 0 atom stereocenters. The summed E-state index contributed by atoms with van der Waals surface area (Å²) >= 11 is 0. The minimum atomic E-state index is -0.992. The van der Waals surface area contributed by atoms with Crippen molar-refractivity contribution in [1.82, 2.24) is 29.7 Å². The van der Waals surface area contributed by atoms with Gasteiger partial charge in [-0.1, -0.05) is 12.1 Å². The summed E-state index contributed by atoms with van der Waals surface area (Å²) in [6.45, 7) is 4.35. The van der Waals surface area contributed by atoms with Gasteiger partial charge in [-0.05, 0) is 61.4 Å². The molecule has 5 aromatic rings. The van der Waals surface area contributed by atoms with Crippen molar-refractivity contribution < 1.29 is 9.50 Å². The van der Waals surface area contributed by atoms with Crippen LogP contribution < -0.4 is 10.6 Å². The van der Waals surface area contributed by atoms with Crippen LogP contribution >= 0.6 is 0 Å². The molecule has 9 heteroatoms. The summed E-state index contributed by atoms with van der Waals surface area (Å²) in [4.78, 5) is 4.44. The highest BCUT2D eigenvalue weighted by Crippen LogP contribution is 2.26. The van der Waals surface area contributed by atoms with E-state index < -0.39 is 5.72 Å². The summed E-state index contributed by atoms with van der Waals surface area (Å²) in [5.74, 6) is 0.406. The van der Waals surface area contributed by atoms with E-state index in [9.17, 15) is 9.50 Å². The summed E-state index contributed by atoms with van der Waals surface area (Å²) in [6, 6.07) is 14.4. The summed E-state index contributed by atoms with van der Waals surface area (Å²) in [5, 5.41) is 26.2. The lowest BCUT2D eigenvalue weighted by Crippen LogP contribution is -2.38. The van der Waals surface area contributed by atoms with Crippen molar-refractivity contribution >= 4 is 27.9 Å². The maximum Gasteiger partial charge on any atom is 0.158 e. The van der Waals surface area contributed by atoms with Gasteiger partial charge < -0.3 is 10.4 Å². The number of aromatic nitrogens is 5. The van der Waals surface area contributed by atoms with Crippen LogP contribution in [0.15, 0.2) is 67.3 Å². The van der Waals surface area contributed by atoms with Crippen LogP contribution in [0.25, 0.3) is 16.4 Å². The third-order valence-electron chi connectivity index (χ3n) is 5.37. The van der Waals surface area contributed by atoms with Crippen molar-refractivity contribution in [2.45, 2.75) is 32.7 Å². The molecule has 33 heavy (non-hydrogen) atoms. The molecule has 0 amide bonds. The van der Waals surface area contributed by atoms with Crippen LogP contribution in [0.2, 0.25) is 0 Å². The summed E-state index contributed by atoms with van der Waals surface area (Å²) in [7, 11) is 0. The smallest absolute Gasteiger partial charge is 0.158 e. The number of nitrogens with one attached hydrogen (secondary N) is 2. The van der Waals surface area contributed by atoms with E-state index in [-0.39, 0.29) is 5.82 Å². The highest BCUT2D eigenvalue weighted by Gasteiger charge is 2.15. The van der Waals surface area contributed by atoms with Gasteiger partial charge in [0.2, 0.25) is 0 Å². The van der Waals surface area contributed by atoms with Crippen LogP contribution in [0, 0.1) is 5.82 Å². The van der Waals surface area contributed by atoms with Gasteiger partial charge in [-0.15, -0.1) is 0 Å². The van der Waals surface area contributed by atoms with Gasteiger partial charge in [0.1, 0.15) is 23.4 Å². The van der Waals surface area contributed by atoms with E-state index in [4.69, 9.17) is 0 Å². The minimum absolute atomic E-state index is 0.255. The first kappa shape index (κ1) is 21.0. The molecule has 3 aromatic heterocycles. The molecule has 5 rings (SSSR count). The number of aliphatic hydroxyl groups is 1. The number of hydrogen-bond donors (Lipinski definition) is 3. The van der Waals surface area contributed by atoms with Crippen molar-refractivity contribution in [3.8, 4) is 0 Å². The van der Waals surface area contributed by atoms with Crippen LogP contribution in [0.3, 0.4) is 0 Å². The zero-order valence-corrected chi connectivity index (χ0v) is 18.3. The Morgan fingerprint density at radius 2 is 1.97 bits per heavy atom. The fourth-order valence-corrected chi connectivity index (χ4v) is 3.80. The molecule has 8 nitrogen and oxygen atoms in total. The van der Waals surface area contributed by atoms with Crippen molar-refractivity contribution in [1.29, 1.82) is 0 Å². The topological polar surface area (TPSA) is 92.3 Å². The van der Waals surface area contributed by atoms with Gasteiger partial charge in [-0.3, -0.25) is 10.00 Å². The molecule has 0 saturated carbocycles. The Labute approximate surface area is 189 Å². The van der Waals surface area contributed by atoms with Crippen molar-refractivity contribution in [3.05, 3.63) is 84.2 Å². The second-order valence-corrected chi connectivity index (χ2v) is 8.49. The van der Waals surface area contributed by atoms with E-state index in [1.807, 2.05) is 41.2 Å². The number of nitrogens with zero attached hydrogens (tertiary/aromatic N) is 5. The Hall–Kier alpha value is -3.82. The van der Waals surface area contributed by atoms with E-state index >= 15 is 0 Å². The van der Waals surface area contributed by atoms with Crippen LogP contribution in [0.1, 0.15) is 25.0 Å². The molecule has 0 bridgehead atoms. The quantitative estimate of drug-likeness (QED) is 0.330. The van der Waals surface area contributed by atoms with Crippen molar-refractivity contribution in [2.24, 2.45) is 0 Å². The summed E-state index contributed by atoms with van der Waals surface area (Å²) < 4.78 is 17.1. The maximum atomic E-state index is 13.5. The Kier molecular flexibility index (Phi) is 5.27. The Balaban J connectivity index is 1.42. The average Bonchev–Trinajstić information content (AvgIpc) is 3.36. The number of anilines is 2. The molecule has 0 fully saturated rings. The Morgan fingerprint density at radius 3 is 2.79 bits per heavy atom. The van der Waals surface area contributed by atoms with Crippen LogP contribution in [-0.2, 0) is 13.1 Å². The second kappa shape index (κ2) is 8.27. The standard InChI is InChI=1S/C24H24FN7O/c1-24(2,33)27-12-17-8-9-31-22(17)23(26-15-29-31)30-20-6-7-21-18(11-20)13-28-32(21)14-16-4-3-5-19(25)10-16/h3-11,13,15,27,33H,12,14H2,1-2H3,(H,26,29,30). The van der Waals surface area contributed by atoms with Crippen molar-refractivity contribution in [2.75, 3.05) is 5.32 Å². The molecule has 0 saturated heterocycles. The molecule has 3 heterocycles. The first-order chi connectivity index (χ1) is 15.9. The molecular formula is C24H24FN7O. The third kappa shape index (κ3) is 4.55. The largest absolute Gasteiger partial charge is 0.376 e. The van der Waals surface area contributed by atoms with E-state index in [0.717, 1.165) is 33.2 Å². The van der Waals surface area contributed by atoms with Gasteiger partial charge >= 0.3 is 0 Å². The fraction of sp³-hybridized carbons (Fsp3) is 0.208. The maximum absolute atomic E-state index is 13.5. The first-order valence-corrected chi connectivity index (χ1v) is 10.6. The molecule has 3 N–H and O–H groups in total. The predicted molar refractivity (Wildman–Crippen MR) is 125 cm³/mol. The first-order valence-electron chi connectivity index (χ1n) is 10.6. The molecule has 0 spiro atoms. The van der Waals surface area contributed by atoms with Gasteiger partial charge in [0.15, 0.2) is 5.82 Å². The lowest BCUT2D eigenvalue weighted by molar-refractivity contribution is 0.0418. The number of fused-ring (bicyclic) bond motifs is 2. The highest BCUT2D eigenvalue weighted by molar-refractivity contribution is 5.85. The lowest BCUT2D eigenvalue weighted by atomic mass is 10.2.